The molecule has 0 radical (unpaired) electrons. The van der Waals surface area contributed by atoms with E-state index in [9.17, 15) is 0 Å². The monoisotopic (exact) mass is 228 g/mol. The zero-order valence-electron chi connectivity index (χ0n) is 9.50. The molecule has 3 N–H and O–H groups in total. The second-order valence-corrected chi connectivity index (χ2v) is 5.02. The van der Waals surface area contributed by atoms with Gasteiger partial charge >= 0.3 is 0 Å². The molecule has 84 valence electrons. The summed E-state index contributed by atoms with van der Waals surface area (Å²) in [6, 6.07) is 0.241. The number of aromatic nitrogens is 2. The summed E-state index contributed by atoms with van der Waals surface area (Å²) in [6.07, 6.45) is 1.40. The molecule has 1 unspecified atom stereocenters. The van der Waals surface area contributed by atoms with E-state index < -0.39 is 0 Å². The van der Waals surface area contributed by atoms with Crippen molar-refractivity contribution in [3.8, 4) is 0 Å². The fraction of sp³-hybridized carbons (Fsp3) is 0.600. The van der Waals surface area contributed by atoms with Gasteiger partial charge in [0.25, 0.3) is 0 Å². The Balaban J connectivity index is 2.86. The van der Waals surface area contributed by atoms with Crippen LogP contribution in [0.4, 0.5) is 11.5 Å². The van der Waals surface area contributed by atoms with Crippen molar-refractivity contribution in [1.82, 2.24) is 9.97 Å². The molecule has 15 heavy (non-hydrogen) atoms. The molecule has 1 rings (SSSR count). The molecular formula is C10H17ClN4. The summed E-state index contributed by atoms with van der Waals surface area (Å²) in [5.41, 5.74) is 6.28. The maximum absolute atomic E-state index is 5.80. The quantitative estimate of drug-likeness (QED) is 0.764. The van der Waals surface area contributed by atoms with E-state index in [1.807, 2.05) is 0 Å². The molecule has 4 nitrogen and oxygen atoms in total. The third-order valence-corrected chi connectivity index (χ3v) is 2.79. The second kappa shape index (κ2) is 4.23. The van der Waals surface area contributed by atoms with E-state index in [-0.39, 0.29) is 16.6 Å². The lowest BCUT2D eigenvalue weighted by molar-refractivity contribution is 0.359. The first-order valence-electron chi connectivity index (χ1n) is 4.85. The molecule has 0 aliphatic heterocycles. The van der Waals surface area contributed by atoms with Crippen molar-refractivity contribution < 1.29 is 0 Å². The highest BCUT2D eigenvalue weighted by Crippen LogP contribution is 2.27. The van der Waals surface area contributed by atoms with E-state index in [1.165, 1.54) is 6.33 Å². The number of nitrogens with zero attached hydrogens (tertiary/aromatic N) is 2. The van der Waals surface area contributed by atoms with Crippen LogP contribution < -0.4 is 11.1 Å². The van der Waals surface area contributed by atoms with E-state index in [1.54, 1.807) is 0 Å². The first-order valence-corrected chi connectivity index (χ1v) is 5.22. The number of nitrogens with one attached hydrogen (secondary N) is 1. The molecule has 1 heterocycles. The lowest BCUT2D eigenvalue weighted by atomic mass is 9.88. The minimum atomic E-state index is 0.129. The van der Waals surface area contributed by atoms with Crippen LogP contribution in [0.5, 0.6) is 0 Å². The van der Waals surface area contributed by atoms with Gasteiger partial charge in [0.2, 0.25) is 0 Å². The Bertz CT molecular complexity index is 346. The van der Waals surface area contributed by atoms with Crippen molar-refractivity contribution in [1.29, 1.82) is 0 Å². The van der Waals surface area contributed by atoms with Crippen LogP contribution >= 0.6 is 11.6 Å². The summed E-state index contributed by atoms with van der Waals surface area (Å²) in [7, 11) is 0. The van der Waals surface area contributed by atoms with Crippen LogP contribution in [0.15, 0.2) is 6.33 Å². The van der Waals surface area contributed by atoms with E-state index in [0.717, 1.165) is 0 Å². The minimum absolute atomic E-state index is 0.129. The lowest BCUT2D eigenvalue weighted by Crippen LogP contribution is -2.31. The number of rotatable bonds is 2. The molecule has 0 bridgehead atoms. The normalized spacial score (nSPS) is 13.7. The van der Waals surface area contributed by atoms with Gasteiger partial charge in [-0.25, -0.2) is 9.97 Å². The smallest absolute Gasteiger partial charge is 0.157 e. The van der Waals surface area contributed by atoms with Gasteiger partial charge in [-0.3, -0.25) is 0 Å². The SMILES string of the molecule is CC(Nc1ncnc(Cl)c1N)C(C)(C)C. The molecule has 0 amide bonds. The second-order valence-electron chi connectivity index (χ2n) is 4.66. The molecule has 0 aliphatic rings. The molecule has 5 heteroatoms. The Labute approximate surface area is 95.3 Å². The summed E-state index contributed by atoms with van der Waals surface area (Å²) in [4.78, 5) is 7.86. The molecule has 0 saturated heterocycles. The van der Waals surface area contributed by atoms with Gasteiger partial charge in [0.05, 0.1) is 0 Å². The van der Waals surface area contributed by atoms with Crippen LogP contribution in [0.3, 0.4) is 0 Å². The number of hydrogen-bond acceptors (Lipinski definition) is 4. The molecule has 0 spiro atoms. The van der Waals surface area contributed by atoms with Crippen molar-refractivity contribution >= 4 is 23.1 Å². The maximum atomic E-state index is 5.80. The predicted molar refractivity (Wildman–Crippen MR) is 64.0 cm³/mol. The fourth-order valence-electron chi connectivity index (χ4n) is 0.911. The summed E-state index contributed by atoms with van der Waals surface area (Å²) < 4.78 is 0. The molecule has 1 aromatic rings. The van der Waals surface area contributed by atoms with Crippen LogP contribution in [0, 0.1) is 5.41 Å². The van der Waals surface area contributed by atoms with Crippen LogP contribution in [-0.2, 0) is 0 Å². The largest absolute Gasteiger partial charge is 0.393 e. The Morgan fingerprint density at radius 1 is 1.40 bits per heavy atom. The van der Waals surface area contributed by atoms with E-state index in [0.29, 0.717) is 11.5 Å². The van der Waals surface area contributed by atoms with E-state index in [2.05, 4.69) is 43.0 Å². The van der Waals surface area contributed by atoms with Crippen molar-refractivity contribution in [3.05, 3.63) is 11.5 Å². The Kier molecular flexibility index (Phi) is 3.39. The van der Waals surface area contributed by atoms with Gasteiger partial charge < -0.3 is 11.1 Å². The Hall–Kier alpha value is -1.03. The standard InChI is InChI=1S/C10H17ClN4/c1-6(10(2,3)4)15-9-7(12)8(11)13-5-14-9/h5-6H,12H2,1-4H3,(H,13,14,15). The number of halogens is 1. The number of nitrogens with two attached hydrogens (primary N) is 1. The zero-order chi connectivity index (χ0) is 11.6. The highest BCUT2D eigenvalue weighted by Gasteiger charge is 2.21. The highest BCUT2D eigenvalue weighted by atomic mass is 35.5. The average Bonchev–Trinajstić information content (AvgIpc) is 2.11. The van der Waals surface area contributed by atoms with Crippen LogP contribution in [-0.4, -0.2) is 16.0 Å². The number of anilines is 2. The van der Waals surface area contributed by atoms with Crippen molar-refractivity contribution in [2.24, 2.45) is 5.41 Å². The highest BCUT2D eigenvalue weighted by molar-refractivity contribution is 6.32. The first kappa shape index (κ1) is 12.0. The summed E-state index contributed by atoms with van der Waals surface area (Å²) >= 11 is 5.80. The lowest BCUT2D eigenvalue weighted by Gasteiger charge is -2.28. The van der Waals surface area contributed by atoms with Crippen LogP contribution in [0.25, 0.3) is 0 Å². The zero-order valence-corrected chi connectivity index (χ0v) is 10.3. The molecule has 1 aromatic heterocycles. The van der Waals surface area contributed by atoms with Crippen molar-refractivity contribution in [2.45, 2.75) is 33.7 Å². The predicted octanol–water partition coefficient (Wildman–Crippen LogP) is 2.56. The fourth-order valence-corrected chi connectivity index (χ4v) is 1.04. The van der Waals surface area contributed by atoms with Gasteiger partial charge in [-0.05, 0) is 12.3 Å². The Morgan fingerprint density at radius 3 is 2.53 bits per heavy atom. The number of nitrogen functional groups attached to an aromatic ring is 1. The van der Waals surface area contributed by atoms with Gasteiger partial charge in [0, 0.05) is 6.04 Å². The van der Waals surface area contributed by atoms with E-state index >= 15 is 0 Å². The van der Waals surface area contributed by atoms with Gasteiger partial charge in [0.15, 0.2) is 11.0 Å². The topological polar surface area (TPSA) is 63.8 Å². The van der Waals surface area contributed by atoms with Gasteiger partial charge in [-0.1, -0.05) is 32.4 Å². The molecular weight excluding hydrogens is 212 g/mol. The van der Waals surface area contributed by atoms with E-state index in [4.69, 9.17) is 17.3 Å². The maximum Gasteiger partial charge on any atom is 0.157 e. The van der Waals surface area contributed by atoms with Crippen molar-refractivity contribution in [3.63, 3.8) is 0 Å². The molecule has 1 atom stereocenters. The summed E-state index contributed by atoms with van der Waals surface area (Å²) in [5, 5.41) is 3.52. The number of hydrogen-bond donors (Lipinski definition) is 2. The average molecular weight is 229 g/mol. The Morgan fingerprint density at radius 2 is 2.00 bits per heavy atom. The molecule has 0 aromatic carbocycles. The third kappa shape index (κ3) is 2.96. The van der Waals surface area contributed by atoms with Crippen LogP contribution in [0.1, 0.15) is 27.7 Å². The van der Waals surface area contributed by atoms with Gasteiger partial charge in [-0.2, -0.15) is 0 Å². The van der Waals surface area contributed by atoms with Gasteiger partial charge in [0.1, 0.15) is 12.0 Å². The van der Waals surface area contributed by atoms with Gasteiger partial charge in [-0.15, -0.1) is 0 Å². The molecule has 0 saturated carbocycles. The molecule has 0 fully saturated rings. The minimum Gasteiger partial charge on any atom is -0.393 e. The van der Waals surface area contributed by atoms with Crippen molar-refractivity contribution in [2.75, 3.05) is 11.1 Å². The summed E-state index contributed by atoms with van der Waals surface area (Å²) in [5.74, 6) is 0.595. The first-order chi connectivity index (χ1) is 6.82. The third-order valence-electron chi connectivity index (χ3n) is 2.49. The van der Waals surface area contributed by atoms with Crippen LogP contribution in [0.2, 0.25) is 5.15 Å². The molecule has 0 aliphatic carbocycles. The summed E-state index contributed by atoms with van der Waals surface area (Å²) in [6.45, 7) is 8.51.